The molecule has 0 aromatic carbocycles. The summed E-state index contributed by atoms with van der Waals surface area (Å²) in [5.41, 5.74) is 3.08. The zero-order chi connectivity index (χ0) is 13.0. The van der Waals surface area contributed by atoms with Gasteiger partial charge in [0, 0.05) is 30.4 Å². The molecule has 0 unspecified atom stereocenters. The summed E-state index contributed by atoms with van der Waals surface area (Å²) in [4.78, 5) is 4.62. The minimum absolute atomic E-state index is 0.235. The minimum atomic E-state index is 0.235. The summed E-state index contributed by atoms with van der Waals surface area (Å²) in [5.74, 6) is 0. The molecular weight excluding hydrogens is 232 g/mol. The lowest BCUT2D eigenvalue weighted by atomic mass is 9.76. The van der Waals surface area contributed by atoms with E-state index in [9.17, 15) is 0 Å². The quantitative estimate of drug-likeness (QED) is 0.762. The van der Waals surface area contributed by atoms with Crippen molar-refractivity contribution in [3.05, 3.63) is 29.6 Å². The molecule has 2 heterocycles. The van der Waals surface area contributed by atoms with E-state index >= 15 is 0 Å². The van der Waals surface area contributed by atoms with Gasteiger partial charge in [-0.15, -0.1) is 0 Å². The van der Waals surface area contributed by atoms with Gasteiger partial charge >= 0.3 is 0 Å². The van der Waals surface area contributed by atoms with Gasteiger partial charge in [0.05, 0.1) is 0 Å². The van der Waals surface area contributed by atoms with Crippen molar-refractivity contribution in [2.45, 2.75) is 69.7 Å². The van der Waals surface area contributed by atoms with Gasteiger partial charge in [-0.2, -0.15) is 0 Å². The Hall–Kier alpha value is -0.890. The van der Waals surface area contributed by atoms with Crippen LogP contribution in [0.1, 0.15) is 69.0 Å². The molecular formula is C17H26N2. The lowest BCUT2D eigenvalue weighted by Crippen LogP contribution is -2.47. The van der Waals surface area contributed by atoms with Crippen LogP contribution in [0.5, 0.6) is 0 Å². The number of fused-ring (bicyclic) bond motifs is 2. The van der Waals surface area contributed by atoms with Crippen molar-refractivity contribution in [1.82, 2.24) is 10.3 Å². The highest BCUT2D eigenvalue weighted by molar-refractivity contribution is 5.31. The molecule has 2 heteroatoms. The molecule has 1 aliphatic heterocycles. The van der Waals surface area contributed by atoms with Crippen molar-refractivity contribution in [2.24, 2.45) is 0 Å². The fourth-order valence-electron chi connectivity index (χ4n) is 3.90. The largest absolute Gasteiger partial charge is 0.307 e. The molecule has 1 fully saturated rings. The zero-order valence-corrected chi connectivity index (χ0v) is 12.0. The Morgan fingerprint density at radius 1 is 0.947 bits per heavy atom. The molecule has 0 saturated heterocycles. The second-order valence-corrected chi connectivity index (χ2v) is 6.23. The van der Waals surface area contributed by atoms with E-state index in [0.717, 1.165) is 13.0 Å². The lowest BCUT2D eigenvalue weighted by Gasteiger charge is -2.40. The Kier molecular flexibility index (Phi) is 4.17. The maximum atomic E-state index is 4.62. The maximum absolute atomic E-state index is 4.62. The van der Waals surface area contributed by atoms with Crippen molar-refractivity contribution in [3.8, 4) is 0 Å². The lowest BCUT2D eigenvalue weighted by molar-refractivity contribution is 0.246. The normalized spacial score (nSPS) is 23.8. The number of pyridine rings is 1. The molecule has 0 bridgehead atoms. The standard InChI is InChI=1S/C17H26N2/c1-2-4-6-11-17(12-7-5-3-1)15-9-8-13-18-16(15)10-14-19-17/h8-9,13,19H,1-7,10-12,14H2. The third-order valence-electron chi connectivity index (χ3n) is 4.94. The van der Waals surface area contributed by atoms with Crippen LogP contribution in [0.15, 0.2) is 18.3 Å². The zero-order valence-electron chi connectivity index (χ0n) is 12.0. The van der Waals surface area contributed by atoms with Gasteiger partial charge < -0.3 is 5.32 Å². The van der Waals surface area contributed by atoms with Gasteiger partial charge in [0.2, 0.25) is 0 Å². The van der Waals surface area contributed by atoms with Crippen LogP contribution in [-0.4, -0.2) is 11.5 Å². The van der Waals surface area contributed by atoms with Gasteiger partial charge in [0.1, 0.15) is 0 Å². The molecule has 1 N–H and O–H groups in total. The number of nitrogens with zero attached hydrogens (tertiary/aromatic N) is 1. The Morgan fingerprint density at radius 2 is 1.63 bits per heavy atom. The molecule has 1 spiro atoms. The fourth-order valence-corrected chi connectivity index (χ4v) is 3.90. The summed E-state index contributed by atoms with van der Waals surface area (Å²) in [5, 5.41) is 3.87. The molecule has 0 atom stereocenters. The number of nitrogens with one attached hydrogen (secondary N) is 1. The van der Waals surface area contributed by atoms with Crippen LogP contribution in [0.4, 0.5) is 0 Å². The highest BCUT2D eigenvalue weighted by Crippen LogP contribution is 2.37. The molecule has 1 aromatic rings. The maximum Gasteiger partial charge on any atom is 0.0466 e. The van der Waals surface area contributed by atoms with Gasteiger partial charge in [-0.1, -0.05) is 51.0 Å². The first-order valence-corrected chi connectivity index (χ1v) is 8.10. The topological polar surface area (TPSA) is 24.9 Å². The summed E-state index contributed by atoms with van der Waals surface area (Å²) in [7, 11) is 0. The van der Waals surface area contributed by atoms with E-state index in [1.54, 1.807) is 0 Å². The highest BCUT2D eigenvalue weighted by atomic mass is 15.0. The van der Waals surface area contributed by atoms with Crippen LogP contribution in [0.2, 0.25) is 0 Å². The predicted octanol–water partition coefficient (Wildman–Crippen LogP) is 3.95. The summed E-state index contributed by atoms with van der Waals surface area (Å²) < 4.78 is 0. The van der Waals surface area contributed by atoms with E-state index in [2.05, 4.69) is 22.4 Å². The third kappa shape index (κ3) is 2.84. The molecule has 104 valence electrons. The Morgan fingerprint density at radius 3 is 2.37 bits per heavy atom. The van der Waals surface area contributed by atoms with Crippen molar-refractivity contribution in [2.75, 3.05) is 6.54 Å². The van der Waals surface area contributed by atoms with Crippen LogP contribution in [0.25, 0.3) is 0 Å². The molecule has 3 rings (SSSR count). The number of hydrogen-bond acceptors (Lipinski definition) is 2. The van der Waals surface area contributed by atoms with Gasteiger partial charge in [-0.05, 0) is 24.5 Å². The SMILES string of the molecule is c1cnc2c(c1)C1(CCCCCCCCC1)NCC2. The summed E-state index contributed by atoms with van der Waals surface area (Å²) in [6, 6.07) is 4.44. The Labute approximate surface area is 117 Å². The monoisotopic (exact) mass is 258 g/mol. The van der Waals surface area contributed by atoms with E-state index in [1.807, 2.05) is 6.20 Å². The van der Waals surface area contributed by atoms with E-state index in [4.69, 9.17) is 0 Å². The first-order chi connectivity index (χ1) is 9.41. The highest BCUT2D eigenvalue weighted by Gasteiger charge is 2.35. The number of aromatic nitrogens is 1. The second kappa shape index (κ2) is 6.04. The van der Waals surface area contributed by atoms with Gasteiger partial charge in [0.25, 0.3) is 0 Å². The summed E-state index contributed by atoms with van der Waals surface area (Å²) >= 11 is 0. The summed E-state index contributed by atoms with van der Waals surface area (Å²) in [6.45, 7) is 1.10. The minimum Gasteiger partial charge on any atom is -0.307 e. The molecule has 0 amide bonds. The van der Waals surface area contributed by atoms with Gasteiger partial charge in [-0.25, -0.2) is 0 Å². The van der Waals surface area contributed by atoms with E-state index in [-0.39, 0.29) is 5.54 Å². The van der Waals surface area contributed by atoms with Gasteiger partial charge in [-0.3, -0.25) is 4.98 Å². The molecule has 2 nitrogen and oxygen atoms in total. The first-order valence-electron chi connectivity index (χ1n) is 8.10. The third-order valence-corrected chi connectivity index (χ3v) is 4.94. The first kappa shape index (κ1) is 13.1. The average Bonchev–Trinajstić information content (AvgIpc) is 2.47. The molecule has 1 aliphatic carbocycles. The van der Waals surface area contributed by atoms with E-state index in [1.165, 1.54) is 69.0 Å². The van der Waals surface area contributed by atoms with Crippen molar-refractivity contribution >= 4 is 0 Å². The van der Waals surface area contributed by atoms with Crippen LogP contribution in [-0.2, 0) is 12.0 Å². The average molecular weight is 258 g/mol. The Balaban J connectivity index is 1.86. The molecule has 1 saturated carbocycles. The molecule has 1 aromatic heterocycles. The Bertz CT molecular complexity index is 403. The van der Waals surface area contributed by atoms with Crippen LogP contribution in [0.3, 0.4) is 0 Å². The van der Waals surface area contributed by atoms with Crippen LogP contribution in [0, 0.1) is 0 Å². The van der Waals surface area contributed by atoms with E-state index < -0.39 is 0 Å². The smallest absolute Gasteiger partial charge is 0.0466 e. The van der Waals surface area contributed by atoms with Crippen LogP contribution < -0.4 is 5.32 Å². The van der Waals surface area contributed by atoms with Crippen molar-refractivity contribution in [1.29, 1.82) is 0 Å². The predicted molar refractivity (Wildman–Crippen MR) is 79.2 cm³/mol. The molecule has 0 radical (unpaired) electrons. The number of hydrogen-bond donors (Lipinski definition) is 1. The second-order valence-electron chi connectivity index (χ2n) is 6.23. The fraction of sp³-hybridized carbons (Fsp3) is 0.706. The molecule has 2 aliphatic rings. The molecule has 19 heavy (non-hydrogen) atoms. The van der Waals surface area contributed by atoms with Crippen molar-refractivity contribution in [3.63, 3.8) is 0 Å². The summed E-state index contributed by atoms with van der Waals surface area (Å²) in [6.07, 6.45) is 15.5. The van der Waals surface area contributed by atoms with Crippen LogP contribution >= 0.6 is 0 Å². The van der Waals surface area contributed by atoms with Gasteiger partial charge in [0.15, 0.2) is 0 Å². The number of rotatable bonds is 0. The van der Waals surface area contributed by atoms with E-state index in [0.29, 0.717) is 0 Å². The van der Waals surface area contributed by atoms with Crippen molar-refractivity contribution < 1.29 is 0 Å².